The van der Waals surface area contributed by atoms with Crippen molar-refractivity contribution in [3.8, 4) is 5.75 Å². The van der Waals surface area contributed by atoms with Crippen molar-refractivity contribution in [2.45, 2.75) is 18.9 Å². The molecule has 0 bridgehead atoms. The standard InChI is InChI=1S/C18H16N2O5/c1-18(15-3-2-7-25-15)16(22)20(17(23)19-18)10-13(21)11-4-5-14-12(9-11)6-8-24-14/h2-5,7,9H,6,8,10H2,1H3,(H,19,23)/t18-/m0/s1. The molecule has 0 saturated carbocycles. The number of hydrogen-bond donors (Lipinski definition) is 1. The van der Waals surface area contributed by atoms with Crippen LogP contribution in [0.2, 0.25) is 0 Å². The average molecular weight is 340 g/mol. The molecule has 128 valence electrons. The largest absolute Gasteiger partial charge is 0.493 e. The van der Waals surface area contributed by atoms with E-state index < -0.39 is 17.5 Å². The van der Waals surface area contributed by atoms with E-state index in [1.54, 1.807) is 37.3 Å². The minimum atomic E-state index is -1.30. The predicted octanol–water partition coefficient (Wildman–Crippen LogP) is 1.86. The number of urea groups is 1. The lowest BCUT2D eigenvalue weighted by Crippen LogP contribution is -2.41. The second-order valence-corrected chi connectivity index (χ2v) is 6.27. The monoisotopic (exact) mass is 340 g/mol. The summed E-state index contributed by atoms with van der Waals surface area (Å²) in [4.78, 5) is 38.4. The van der Waals surface area contributed by atoms with Gasteiger partial charge in [0.15, 0.2) is 11.3 Å². The highest BCUT2D eigenvalue weighted by Gasteiger charge is 2.51. The van der Waals surface area contributed by atoms with Crippen molar-refractivity contribution < 1.29 is 23.5 Å². The fourth-order valence-electron chi connectivity index (χ4n) is 3.17. The van der Waals surface area contributed by atoms with Crippen LogP contribution in [0.3, 0.4) is 0 Å². The molecule has 2 aliphatic rings. The Morgan fingerprint density at radius 1 is 1.32 bits per heavy atom. The van der Waals surface area contributed by atoms with Crippen LogP contribution in [0, 0.1) is 0 Å². The van der Waals surface area contributed by atoms with Gasteiger partial charge in [-0.15, -0.1) is 0 Å². The van der Waals surface area contributed by atoms with Crippen molar-refractivity contribution in [3.63, 3.8) is 0 Å². The van der Waals surface area contributed by atoms with Gasteiger partial charge in [0.2, 0.25) is 0 Å². The molecule has 1 atom stereocenters. The molecule has 2 aromatic rings. The van der Waals surface area contributed by atoms with Crippen molar-refractivity contribution >= 4 is 17.7 Å². The maximum atomic E-state index is 12.7. The molecule has 1 fully saturated rings. The first-order valence-corrected chi connectivity index (χ1v) is 7.96. The number of carbonyl (C=O) groups is 3. The highest BCUT2D eigenvalue weighted by molar-refractivity contribution is 6.11. The molecule has 0 radical (unpaired) electrons. The number of carbonyl (C=O) groups excluding carboxylic acids is 3. The van der Waals surface area contributed by atoms with Crippen LogP contribution in [0.25, 0.3) is 0 Å². The summed E-state index contributed by atoms with van der Waals surface area (Å²) in [6.07, 6.45) is 2.18. The molecule has 25 heavy (non-hydrogen) atoms. The van der Waals surface area contributed by atoms with Crippen molar-refractivity contribution in [1.82, 2.24) is 10.2 Å². The molecule has 7 nitrogen and oxygen atoms in total. The fraction of sp³-hybridized carbons (Fsp3) is 0.278. The maximum Gasteiger partial charge on any atom is 0.325 e. The van der Waals surface area contributed by atoms with Gasteiger partial charge in [-0.1, -0.05) is 0 Å². The van der Waals surface area contributed by atoms with Crippen molar-refractivity contribution in [3.05, 3.63) is 53.5 Å². The summed E-state index contributed by atoms with van der Waals surface area (Å²) >= 11 is 0. The lowest BCUT2D eigenvalue weighted by Gasteiger charge is -2.18. The normalized spacial score (nSPS) is 21.9. The number of nitrogens with zero attached hydrogens (tertiary/aromatic N) is 1. The first kappa shape index (κ1) is 15.4. The Hall–Kier alpha value is -3.09. The van der Waals surface area contributed by atoms with Gasteiger partial charge in [-0.05, 0) is 42.8 Å². The van der Waals surface area contributed by atoms with Gasteiger partial charge in [-0.2, -0.15) is 0 Å². The van der Waals surface area contributed by atoms with Crippen molar-refractivity contribution in [1.29, 1.82) is 0 Å². The van der Waals surface area contributed by atoms with E-state index in [0.717, 1.165) is 22.6 Å². The van der Waals surface area contributed by atoms with Crippen LogP contribution in [-0.2, 0) is 16.8 Å². The van der Waals surface area contributed by atoms with E-state index in [4.69, 9.17) is 9.15 Å². The zero-order valence-electron chi connectivity index (χ0n) is 13.6. The Labute approximate surface area is 143 Å². The van der Waals surface area contributed by atoms with E-state index >= 15 is 0 Å². The summed E-state index contributed by atoms with van der Waals surface area (Å²) in [5.74, 6) is 0.291. The van der Waals surface area contributed by atoms with E-state index in [1.807, 2.05) is 0 Å². The number of rotatable bonds is 4. The van der Waals surface area contributed by atoms with Crippen LogP contribution < -0.4 is 10.1 Å². The number of Topliss-reactive ketones (excluding diaryl/α,β-unsaturated/α-hetero) is 1. The van der Waals surface area contributed by atoms with Gasteiger partial charge in [-0.3, -0.25) is 14.5 Å². The molecule has 1 aromatic heterocycles. The van der Waals surface area contributed by atoms with E-state index in [-0.39, 0.29) is 12.3 Å². The Kier molecular flexibility index (Phi) is 3.38. The van der Waals surface area contributed by atoms with Crippen molar-refractivity contribution in [2.75, 3.05) is 13.2 Å². The van der Waals surface area contributed by atoms with Crippen LogP contribution in [-0.4, -0.2) is 35.8 Å². The highest BCUT2D eigenvalue weighted by atomic mass is 16.5. The van der Waals surface area contributed by atoms with Crippen LogP contribution in [0.4, 0.5) is 4.79 Å². The van der Waals surface area contributed by atoms with Gasteiger partial charge in [0, 0.05) is 12.0 Å². The third-order valence-electron chi connectivity index (χ3n) is 4.60. The number of furan rings is 1. The number of nitrogens with one attached hydrogen (secondary N) is 1. The molecule has 7 heteroatoms. The van der Waals surface area contributed by atoms with Gasteiger partial charge < -0.3 is 14.5 Å². The van der Waals surface area contributed by atoms with Gasteiger partial charge in [-0.25, -0.2) is 4.79 Å². The molecule has 4 rings (SSSR count). The van der Waals surface area contributed by atoms with Gasteiger partial charge in [0.05, 0.1) is 19.4 Å². The fourth-order valence-corrected chi connectivity index (χ4v) is 3.17. The minimum Gasteiger partial charge on any atom is -0.493 e. The molecule has 3 heterocycles. The summed E-state index contributed by atoms with van der Waals surface area (Å²) in [7, 11) is 0. The summed E-state index contributed by atoms with van der Waals surface area (Å²) in [5, 5.41) is 2.60. The Bertz CT molecular complexity index is 874. The van der Waals surface area contributed by atoms with Crippen LogP contribution in [0.5, 0.6) is 5.75 Å². The second-order valence-electron chi connectivity index (χ2n) is 6.27. The molecule has 2 aliphatic heterocycles. The lowest BCUT2D eigenvalue weighted by atomic mass is 9.99. The van der Waals surface area contributed by atoms with Crippen molar-refractivity contribution in [2.24, 2.45) is 0 Å². The number of ketones is 1. The molecule has 3 amide bonds. The zero-order valence-corrected chi connectivity index (χ0v) is 13.6. The molecule has 1 N–H and O–H groups in total. The van der Waals surface area contributed by atoms with Crippen LogP contribution in [0.1, 0.15) is 28.6 Å². The maximum absolute atomic E-state index is 12.7. The molecule has 0 spiro atoms. The van der Waals surface area contributed by atoms with Gasteiger partial charge >= 0.3 is 6.03 Å². The Morgan fingerprint density at radius 2 is 2.16 bits per heavy atom. The predicted molar refractivity (Wildman–Crippen MR) is 86.3 cm³/mol. The minimum absolute atomic E-state index is 0.304. The highest BCUT2D eigenvalue weighted by Crippen LogP contribution is 2.30. The molecular formula is C18H16N2O5. The first-order chi connectivity index (χ1) is 12.0. The summed E-state index contributed by atoms with van der Waals surface area (Å²) in [5.41, 5.74) is 0.118. The molecular weight excluding hydrogens is 324 g/mol. The quantitative estimate of drug-likeness (QED) is 0.678. The molecule has 1 saturated heterocycles. The van der Waals surface area contributed by atoms with Crippen LogP contribution >= 0.6 is 0 Å². The lowest BCUT2D eigenvalue weighted by molar-refractivity contribution is -0.131. The first-order valence-electron chi connectivity index (χ1n) is 7.96. The summed E-state index contributed by atoms with van der Waals surface area (Å²) in [6.45, 7) is 1.84. The van der Waals surface area contributed by atoms with Gasteiger partial charge in [0.1, 0.15) is 11.5 Å². The summed E-state index contributed by atoms with van der Waals surface area (Å²) in [6, 6.07) is 7.80. The van der Waals surface area contributed by atoms with E-state index in [2.05, 4.69) is 5.32 Å². The number of benzene rings is 1. The molecule has 0 unspecified atom stereocenters. The van der Waals surface area contributed by atoms with E-state index in [9.17, 15) is 14.4 Å². The Morgan fingerprint density at radius 3 is 2.92 bits per heavy atom. The Balaban J connectivity index is 1.55. The number of amides is 3. The average Bonchev–Trinajstić information content (AvgIpc) is 3.31. The zero-order chi connectivity index (χ0) is 17.6. The third-order valence-corrected chi connectivity index (χ3v) is 4.60. The molecule has 0 aliphatic carbocycles. The third kappa shape index (κ3) is 2.39. The SMILES string of the molecule is C[C@@]1(c2ccco2)NC(=O)N(CC(=O)c2ccc3c(c2)CCO3)C1=O. The van der Waals surface area contributed by atoms with Crippen LogP contribution in [0.15, 0.2) is 41.0 Å². The number of ether oxygens (including phenoxy) is 1. The number of hydrogen-bond acceptors (Lipinski definition) is 5. The molecule has 1 aromatic carbocycles. The summed E-state index contributed by atoms with van der Waals surface area (Å²) < 4.78 is 10.7. The van der Waals surface area contributed by atoms with Gasteiger partial charge in [0.25, 0.3) is 5.91 Å². The van der Waals surface area contributed by atoms with E-state index in [1.165, 1.54) is 6.26 Å². The number of fused-ring (bicyclic) bond motifs is 1. The number of imide groups is 1. The van der Waals surface area contributed by atoms with E-state index in [0.29, 0.717) is 17.9 Å². The topological polar surface area (TPSA) is 88.8 Å². The smallest absolute Gasteiger partial charge is 0.325 e. The second kappa shape index (κ2) is 5.47.